The average Bonchev–Trinajstić information content (AvgIpc) is 2.41. The highest BCUT2D eigenvalue weighted by Crippen LogP contribution is 2.25. The molecule has 0 saturated heterocycles. The van der Waals surface area contributed by atoms with Gasteiger partial charge in [-0.25, -0.2) is 0 Å². The predicted molar refractivity (Wildman–Crippen MR) is 77.6 cm³/mol. The molecule has 0 fully saturated rings. The van der Waals surface area contributed by atoms with E-state index in [1.165, 1.54) is 0 Å². The Morgan fingerprint density at radius 1 is 1.05 bits per heavy atom. The molecule has 0 radical (unpaired) electrons. The number of carboxylic acid groups (broad SMARTS) is 1. The number of hydrogen-bond donors (Lipinski definition) is 1. The largest absolute Gasteiger partial charge is 0.481 e. The molecule has 0 bridgehead atoms. The Hall–Kier alpha value is -1.80. The van der Waals surface area contributed by atoms with Gasteiger partial charge in [-0.2, -0.15) is 0 Å². The van der Waals surface area contributed by atoms with E-state index in [1.807, 2.05) is 55.5 Å². The Morgan fingerprint density at radius 3 is 1.95 bits per heavy atom. The quantitative estimate of drug-likeness (QED) is 0.886. The third kappa shape index (κ3) is 3.15. The van der Waals surface area contributed by atoms with Crippen LogP contribution in [0.3, 0.4) is 0 Å². The molecule has 2 aromatic carbocycles. The molecule has 1 unspecified atom stereocenters. The monoisotopic (exact) mass is 274 g/mol. The molecule has 0 amide bonds. The maximum absolute atomic E-state index is 11.1. The second-order valence-electron chi connectivity index (χ2n) is 4.43. The summed E-state index contributed by atoms with van der Waals surface area (Å²) < 4.78 is 0. The summed E-state index contributed by atoms with van der Waals surface area (Å²) in [7, 11) is 0. The highest BCUT2D eigenvalue weighted by Gasteiger charge is 2.17. The van der Waals surface area contributed by atoms with E-state index in [1.54, 1.807) is 0 Å². The summed E-state index contributed by atoms with van der Waals surface area (Å²) >= 11 is 5.85. The summed E-state index contributed by atoms with van der Waals surface area (Å²) in [5, 5.41) is 9.83. The van der Waals surface area contributed by atoms with E-state index >= 15 is 0 Å². The van der Waals surface area contributed by atoms with E-state index in [9.17, 15) is 4.79 Å². The molecule has 2 rings (SSSR count). The van der Waals surface area contributed by atoms with Crippen LogP contribution < -0.4 is 0 Å². The Bertz CT molecular complexity index is 558. The molecule has 0 aliphatic carbocycles. The number of carbonyl (C=O) groups is 1. The standard InChI is InChI=1S/C16H15ClO2/c1-2-15(16(18)19)13-5-3-11(4-6-13)12-7-9-14(17)10-8-12/h3-10,15H,2H2,1H3,(H,18,19). The van der Waals surface area contributed by atoms with Crippen molar-refractivity contribution in [3.05, 3.63) is 59.1 Å². The van der Waals surface area contributed by atoms with Crippen LogP contribution in [0.1, 0.15) is 24.8 Å². The van der Waals surface area contributed by atoms with Crippen molar-refractivity contribution in [2.75, 3.05) is 0 Å². The molecule has 3 heteroatoms. The number of aliphatic carboxylic acids is 1. The van der Waals surface area contributed by atoms with Gasteiger partial charge in [0.15, 0.2) is 0 Å². The summed E-state index contributed by atoms with van der Waals surface area (Å²) in [6.45, 7) is 1.88. The van der Waals surface area contributed by atoms with E-state index in [0.29, 0.717) is 11.4 Å². The Labute approximate surface area is 117 Å². The van der Waals surface area contributed by atoms with Gasteiger partial charge in [-0.05, 0) is 35.2 Å². The zero-order chi connectivity index (χ0) is 13.8. The van der Waals surface area contributed by atoms with E-state index in [0.717, 1.165) is 16.7 Å². The van der Waals surface area contributed by atoms with Gasteiger partial charge in [-0.3, -0.25) is 4.79 Å². The molecule has 19 heavy (non-hydrogen) atoms. The van der Waals surface area contributed by atoms with Crippen molar-refractivity contribution >= 4 is 17.6 Å². The van der Waals surface area contributed by atoms with Crippen molar-refractivity contribution in [3.8, 4) is 11.1 Å². The second kappa shape index (κ2) is 5.89. The summed E-state index contributed by atoms with van der Waals surface area (Å²) in [5.74, 6) is -1.21. The third-order valence-electron chi connectivity index (χ3n) is 3.20. The van der Waals surface area contributed by atoms with Crippen LogP contribution in [0.15, 0.2) is 48.5 Å². The first kappa shape index (κ1) is 13.6. The highest BCUT2D eigenvalue weighted by atomic mass is 35.5. The van der Waals surface area contributed by atoms with Gasteiger partial charge in [0.25, 0.3) is 0 Å². The predicted octanol–water partition coefficient (Wildman–Crippen LogP) is 4.59. The van der Waals surface area contributed by atoms with Gasteiger partial charge in [0, 0.05) is 5.02 Å². The van der Waals surface area contributed by atoms with E-state index in [-0.39, 0.29) is 0 Å². The van der Waals surface area contributed by atoms with Crippen LogP contribution in [-0.4, -0.2) is 11.1 Å². The highest BCUT2D eigenvalue weighted by molar-refractivity contribution is 6.30. The summed E-state index contributed by atoms with van der Waals surface area (Å²) in [6.07, 6.45) is 0.593. The van der Waals surface area contributed by atoms with Crippen molar-refractivity contribution in [2.24, 2.45) is 0 Å². The lowest BCUT2D eigenvalue weighted by Gasteiger charge is -2.11. The molecule has 1 atom stereocenters. The van der Waals surface area contributed by atoms with Gasteiger partial charge < -0.3 is 5.11 Å². The molecule has 0 saturated carbocycles. The molecule has 0 heterocycles. The van der Waals surface area contributed by atoms with Crippen LogP contribution in [0.4, 0.5) is 0 Å². The summed E-state index contributed by atoms with van der Waals surface area (Å²) in [4.78, 5) is 11.1. The zero-order valence-corrected chi connectivity index (χ0v) is 11.4. The van der Waals surface area contributed by atoms with Crippen LogP contribution >= 0.6 is 11.6 Å². The molecule has 0 spiro atoms. The molecule has 0 aliphatic heterocycles. The molecule has 0 aliphatic rings. The van der Waals surface area contributed by atoms with Gasteiger partial charge in [0.1, 0.15) is 0 Å². The molecular formula is C16H15ClO2. The molecule has 0 aromatic heterocycles. The molecule has 2 nitrogen and oxygen atoms in total. The minimum Gasteiger partial charge on any atom is -0.481 e. The van der Waals surface area contributed by atoms with Crippen molar-refractivity contribution in [1.29, 1.82) is 0 Å². The first-order valence-electron chi connectivity index (χ1n) is 6.20. The van der Waals surface area contributed by atoms with Crippen molar-refractivity contribution < 1.29 is 9.90 Å². The minimum absolute atomic E-state index is 0.431. The maximum Gasteiger partial charge on any atom is 0.310 e. The van der Waals surface area contributed by atoms with Crippen molar-refractivity contribution in [1.82, 2.24) is 0 Å². The smallest absolute Gasteiger partial charge is 0.310 e. The lowest BCUT2D eigenvalue weighted by molar-refractivity contribution is -0.138. The normalized spacial score (nSPS) is 12.1. The molecule has 2 aromatic rings. The van der Waals surface area contributed by atoms with E-state index in [4.69, 9.17) is 16.7 Å². The van der Waals surface area contributed by atoms with Gasteiger partial charge in [0.2, 0.25) is 0 Å². The van der Waals surface area contributed by atoms with E-state index in [2.05, 4.69) is 0 Å². The SMILES string of the molecule is CCC(C(=O)O)c1ccc(-c2ccc(Cl)cc2)cc1. The number of hydrogen-bond acceptors (Lipinski definition) is 1. The second-order valence-corrected chi connectivity index (χ2v) is 4.86. The lowest BCUT2D eigenvalue weighted by Crippen LogP contribution is -2.10. The third-order valence-corrected chi connectivity index (χ3v) is 3.45. The van der Waals surface area contributed by atoms with Crippen LogP contribution in [0.5, 0.6) is 0 Å². The van der Waals surface area contributed by atoms with Crippen LogP contribution in [-0.2, 0) is 4.79 Å². The minimum atomic E-state index is -0.776. The van der Waals surface area contributed by atoms with Gasteiger partial charge in [0.05, 0.1) is 5.92 Å². The van der Waals surface area contributed by atoms with Crippen LogP contribution in [0, 0.1) is 0 Å². The van der Waals surface area contributed by atoms with Crippen molar-refractivity contribution in [2.45, 2.75) is 19.3 Å². The summed E-state index contributed by atoms with van der Waals surface area (Å²) in [5.41, 5.74) is 2.97. The lowest BCUT2D eigenvalue weighted by atomic mass is 9.94. The first-order chi connectivity index (χ1) is 9.11. The fourth-order valence-corrected chi connectivity index (χ4v) is 2.23. The number of carboxylic acids is 1. The fraction of sp³-hybridized carbons (Fsp3) is 0.188. The fourth-order valence-electron chi connectivity index (χ4n) is 2.10. The average molecular weight is 275 g/mol. The van der Waals surface area contributed by atoms with Gasteiger partial charge in [-0.1, -0.05) is 54.9 Å². The van der Waals surface area contributed by atoms with E-state index < -0.39 is 11.9 Å². The number of halogens is 1. The van der Waals surface area contributed by atoms with Crippen LogP contribution in [0.25, 0.3) is 11.1 Å². The first-order valence-corrected chi connectivity index (χ1v) is 6.58. The Balaban J connectivity index is 2.27. The molecule has 98 valence electrons. The maximum atomic E-state index is 11.1. The van der Waals surface area contributed by atoms with Gasteiger partial charge in [-0.15, -0.1) is 0 Å². The zero-order valence-electron chi connectivity index (χ0n) is 10.6. The topological polar surface area (TPSA) is 37.3 Å². The number of benzene rings is 2. The molecule has 1 N–H and O–H groups in total. The Kier molecular flexibility index (Phi) is 4.23. The van der Waals surface area contributed by atoms with Crippen LogP contribution in [0.2, 0.25) is 5.02 Å². The number of rotatable bonds is 4. The Morgan fingerprint density at radius 2 is 1.53 bits per heavy atom. The van der Waals surface area contributed by atoms with Gasteiger partial charge >= 0.3 is 5.97 Å². The molecular weight excluding hydrogens is 260 g/mol. The van der Waals surface area contributed by atoms with Crippen molar-refractivity contribution in [3.63, 3.8) is 0 Å². The summed E-state index contributed by atoms with van der Waals surface area (Å²) in [6, 6.07) is 15.2.